The molecule has 2 aromatic carbocycles. The van der Waals surface area contributed by atoms with Gasteiger partial charge in [0.1, 0.15) is 16.3 Å². The van der Waals surface area contributed by atoms with E-state index in [-0.39, 0.29) is 12.2 Å². The second-order valence-electron chi connectivity index (χ2n) is 6.15. The first-order valence-electron chi connectivity index (χ1n) is 8.65. The van der Waals surface area contributed by atoms with Crippen molar-refractivity contribution in [3.8, 4) is 16.9 Å². The van der Waals surface area contributed by atoms with Gasteiger partial charge in [-0.05, 0) is 42.8 Å². The van der Waals surface area contributed by atoms with E-state index < -0.39 is 11.9 Å². The van der Waals surface area contributed by atoms with E-state index in [1.807, 2.05) is 13.0 Å². The van der Waals surface area contributed by atoms with Crippen LogP contribution in [0.15, 0.2) is 42.5 Å². The lowest BCUT2D eigenvalue weighted by Gasteiger charge is -2.10. The van der Waals surface area contributed by atoms with Gasteiger partial charge in [0.05, 0.1) is 12.1 Å². The molecule has 0 spiro atoms. The van der Waals surface area contributed by atoms with Crippen LogP contribution in [0, 0.1) is 6.92 Å². The first kappa shape index (κ1) is 22.4. The predicted octanol–water partition coefficient (Wildman–Crippen LogP) is 6.49. The number of nitrogens with one attached hydrogen (secondary N) is 1. The second kappa shape index (κ2) is 9.71. The van der Waals surface area contributed by atoms with Crippen LogP contribution >= 0.6 is 46.1 Å². The van der Waals surface area contributed by atoms with Crippen molar-refractivity contribution < 1.29 is 19.1 Å². The quantitative estimate of drug-likeness (QED) is 0.406. The molecule has 5 nitrogen and oxygen atoms in total. The molecular formula is C21H16Cl3NO4S. The van der Waals surface area contributed by atoms with Crippen LogP contribution in [0.5, 0.6) is 5.75 Å². The number of carbonyl (C=O) groups is 2. The Morgan fingerprint density at radius 1 is 1.07 bits per heavy atom. The van der Waals surface area contributed by atoms with Gasteiger partial charge in [-0.25, -0.2) is 4.79 Å². The molecule has 156 valence electrons. The smallest absolute Gasteiger partial charge is 0.341 e. The second-order valence-corrected chi connectivity index (χ2v) is 8.66. The van der Waals surface area contributed by atoms with Crippen molar-refractivity contribution in [1.82, 2.24) is 0 Å². The van der Waals surface area contributed by atoms with Crippen LogP contribution in [0.3, 0.4) is 0 Å². The first-order chi connectivity index (χ1) is 14.3. The molecule has 1 N–H and O–H groups in total. The van der Waals surface area contributed by atoms with Crippen LogP contribution in [0.2, 0.25) is 15.1 Å². The number of benzene rings is 2. The van der Waals surface area contributed by atoms with E-state index in [2.05, 4.69) is 5.32 Å². The Morgan fingerprint density at radius 3 is 2.47 bits per heavy atom. The van der Waals surface area contributed by atoms with Gasteiger partial charge in [-0.3, -0.25) is 4.79 Å². The average Bonchev–Trinajstić information content (AvgIpc) is 3.02. The van der Waals surface area contributed by atoms with Gasteiger partial charge in [0.2, 0.25) is 0 Å². The third-order valence-electron chi connectivity index (χ3n) is 4.09. The molecule has 0 bridgehead atoms. The molecule has 9 heteroatoms. The number of methoxy groups -OCH3 is 1. The van der Waals surface area contributed by atoms with Crippen LogP contribution in [0.25, 0.3) is 11.1 Å². The number of halogens is 3. The van der Waals surface area contributed by atoms with Crippen molar-refractivity contribution in [2.45, 2.75) is 6.92 Å². The number of anilines is 1. The van der Waals surface area contributed by atoms with Gasteiger partial charge in [0.25, 0.3) is 5.91 Å². The van der Waals surface area contributed by atoms with Crippen molar-refractivity contribution in [3.63, 3.8) is 0 Å². The van der Waals surface area contributed by atoms with Crippen molar-refractivity contribution in [1.29, 1.82) is 0 Å². The third kappa shape index (κ3) is 5.08. The van der Waals surface area contributed by atoms with Crippen LogP contribution < -0.4 is 10.1 Å². The lowest BCUT2D eigenvalue weighted by molar-refractivity contribution is -0.118. The zero-order valence-electron chi connectivity index (χ0n) is 15.9. The molecule has 0 fully saturated rings. The standard InChI is InChI=1S/C21H16Cl3NO4S/c1-11-18(12-4-3-5-13(22)8-12)19(21(27)28-2)20(30-11)25-17(26)10-29-16-7-6-14(23)9-15(16)24/h3-9H,10H2,1-2H3,(H,25,26). The lowest BCUT2D eigenvalue weighted by atomic mass is 10.0. The Balaban J connectivity index is 1.85. The van der Waals surface area contributed by atoms with E-state index >= 15 is 0 Å². The Bertz CT molecular complexity index is 1110. The molecule has 0 radical (unpaired) electrons. The Morgan fingerprint density at radius 2 is 1.80 bits per heavy atom. The number of hydrogen-bond acceptors (Lipinski definition) is 5. The molecule has 1 heterocycles. The normalized spacial score (nSPS) is 10.6. The number of aryl methyl sites for hydroxylation is 1. The third-order valence-corrected chi connectivity index (χ3v) is 5.88. The molecule has 0 aliphatic heterocycles. The highest BCUT2D eigenvalue weighted by Gasteiger charge is 2.25. The number of ether oxygens (including phenoxy) is 2. The fourth-order valence-electron chi connectivity index (χ4n) is 2.82. The molecule has 0 aliphatic carbocycles. The largest absolute Gasteiger partial charge is 0.482 e. The van der Waals surface area contributed by atoms with Crippen LogP contribution in [-0.4, -0.2) is 25.6 Å². The monoisotopic (exact) mass is 483 g/mol. The highest BCUT2D eigenvalue weighted by Crippen LogP contribution is 2.41. The maximum atomic E-state index is 12.5. The summed E-state index contributed by atoms with van der Waals surface area (Å²) in [5, 5.41) is 4.38. The average molecular weight is 485 g/mol. The van der Waals surface area contributed by atoms with Gasteiger partial charge in [-0.15, -0.1) is 11.3 Å². The van der Waals surface area contributed by atoms with Crippen molar-refractivity contribution in [3.05, 3.63) is 68.0 Å². The molecule has 30 heavy (non-hydrogen) atoms. The molecule has 0 saturated heterocycles. The summed E-state index contributed by atoms with van der Waals surface area (Å²) in [6, 6.07) is 11.8. The van der Waals surface area contributed by atoms with E-state index in [1.165, 1.54) is 24.5 Å². The SMILES string of the molecule is COC(=O)c1c(NC(=O)COc2ccc(Cl)cc2Cl)sc(C)c1-c1cccc(Cl)c1. The van der Waals surface area contributed by atoms with Crippen molar-refractivity contribution in [2.75, 3.05) is 19.0 Å². The summed E-state index contributed by atoms with van der Waals surface area (Å²) in [4.78, 5) is 25.8. The van der Waals surface area contributed by atoms with Crippen LogP contribution in [0.1, 0.15) is 15.2 Å². The summed E-state index contributed by atoms with van der Waals surface area (Å²) < 4.78 is 10.4. The molecule has 0 unspecified atom stereocenters. The zero-order valence-corrected chi connectivity index (χ0v) is 19.0. The number of rotatable bonds is 6. The maximum absolute atomic E-state index is 12.5. The van der Waals surface area contributed by atoms with Gasteiger partial charge in [-0.2, -0.15) is 0 Å². The van der Waals surface area contributed by atoms with Gasteiger partial charge in [0.15, 0.2) is 6.61 Å². The minimum absolute atomic E-state index is 0.264. The highest BCUT2D eigenvalue weighted by molar-refractivity contribution is 7.17. The lowest BCUT2D eigenvalue weighted by Crippen LogP contribution is -2.21. The predicted molar refractivity (Wildman–Crippen MR) is 121 cm³/mol. The Hall–Kier alpha value is -2.25. The zero-order chi connectivity index (χ0) is 21.8. The summed E-state index contributed by atoms with van der Waals surface area (Å²) in [5.74, 6) is -0.692. The number of amides is 1. The fraction of sp³-hybridized carbons (Fsp3) is 0.143. The summed E-state index contributed by atoms with van der Waals surface area (Å²) in [7, 11) is 1.29. The Labute approximate surface area is 192 Å². The molecule has 3 aromatic rings. The molecular weight excluding hydrogens is 469 g/mol. The van der Waals surface area contributed by atoms with Gasteiger partial charge in [-0.1, -0.05) is 46.9 Å². The van der Waals surface area contributed by atoms with Gasteiger partial charge < -0.3 is 14.8 Å². The molecule has 0 saturated carbocycles. The fourth-order valence-corrected chi connectivity index (χ4v) is 4.55. The van der Waals surface area contributed by atoms with E-state index in [4.69, 9.17) is 44.3 Å². The summed E-state index contributed by atoms with van der Waals surface area (Å²) >= 11 is 19.3. The molecule has 3 rings (SSSR count). The van der Waals surface area contributed by atoms with Crippen molar-refractivity contribution in [2.24, 2.45) is 0 Å². The summed E-state index contributed by atoms with van der Waals surface area (Å²) in [5.41, 5.74) is 1.67. The highest BCUT2D eigenvalue weighted by atomic mass is 35.5. The van der Waals surface area contributed by atoms with Crippen molar-refractivity contribution >= 4 is 63.0 Å². The van der Waals surface area contributed by atoms with E-state index in [0.29, 0.717) is 31.4 Å². The first-order valence-corrected chi connectivity index (χ1v) is 10.6. The minimum Gasteiger partial charge on any atom is -0.482 e. The van der Waals surface area contributed by atoms with Gasteiger partial charge >= 0.3 is 5.97 Å². The number of thiophene rings is 1. The molecule has 0 atom stereocenters. The molecule has 0 aliphatic rings. The summed E-state index contributed by atoms with van der Waals surface area (Å²) in [6.45, 7) is 1.55. The number of esters is 1. The van der Waals surface area contributed by atoms with E-state index in [9.17, 15) is 9.59 Å². The summed E-state index contributed by atoms with van der Waals surface area (Å²) in [6.07, 6.45) is 0. The number of carbonyl (C=O) groups excluding carboxylic acids is 2. The molecule has 1 amide bonds. The Kier molecular flexibility index (Phi) is 7.26. The maximum Gasteiger partial charge on any atom is 0.341 e. The van der Waals surface area contributed by atoms with E-state index in [0.717, 1.165) is 10.4 Å². The minimum atomic E-state index is -0.564. The van der Waals surface area contributed by atoms with Crippen LogP contribution in [-0.2, 0) is 9.53 Å². The van der Waals surface area contributed by atoms with Gasteiger partial charge in [0, 0.05) is 20.5 Å². The molecule has 1 aromatic heterocycles. The van der Waals surface area contributed by atoms with E-state index in [1.54, 1.807) is 30.3 Å². The topological polar surface area (TPSA) is 64.6 Å². The van der Waals surface area contributed by atoms with Crippen LogP contribution in [0.4, 0.5) is 5.00 Å². The number of hydrogen-bond donors (Lipinski definition) is 1.